The molecule has 0 saturated carbocycles. The molecule has 0 radical (unpaired) electrons. The maximum absolute atomic E-state index is 12.5. The van der Waals surface area contributed by atoms with E-state index < -0.39 is 0 Å². The zero-order valence-electron chi connectivity index (χ0n) is 19.7. The first kappa shape index (κ1) is 23.1. The van der Waals surface area contributed by atoms with E-state index in [0.29, 0.717) is 18.3 Å². The second-order valence-corrected chi connectivity index (χ2v) is 11.5. The number of carbonyl (C=O) groups is 1. The van der Waals surface area contributed by atoms with E-state index in [-0.39, 0.29) is 17.3 Å². The van der Waals surface area contributed by atoms with Gasteiger partial charge in [0, 0.05) is 29.3 Å². The zero-order valence-corrected chi connectivity index (χ0v) is 21.3. The molecule has 1 aliphatic rings. The Labute approximate surface area is 206 Å². The van der Waals surface area contributed by atoms with E-state index in [0.717, 1.165) is 44.0 Å². The van der Waals surface area contributed by atoms with Crippen LogP contribution >= 0.6 is 23.1 Å². The van der Waals surface area contributed by atoms with E-state index in [1.165, 1.54) is 22.9 Å². The van der Waals surface area contributed by atoms with Crippen molar-refractivity contribution in [2.24, 2.45) is 5.92 Å². The second-order valence-electron chi connectivity index (χ2n) is 9.53. The summed E-state index contributed by atoms with van der Waals surface area (Å²) in [5.74, 6) is 1.16. The van der Waals surface area contributed by atoms with Crippen molar-refractivity contribution in [1.29, 1.82) is 0 Å². The van der Waals surface area contributed by atoms with E-state index in [1.54, 1.807) is 29.9 Å². The Hall–Kier alpha value is -2.62. The first-order chi connectivity index (χ1) is 16.3. The van der Waals surface area contributed by atoms with Gasteiger partial charge in [-0.3, -0.25) is 4.79 Å². The van der Waals surface area contributed by atoms with Gasteiger partial charge in [0.15, 0.2) is 0 Å². The monoisotopic (exact) mass is 493 g/mol. The number of nitrogens with zero attached hydrogens (tertiary/aromatic N) is 4. The van der Waals surface area contributed by atoms with E-state index in [2.05, 4.69) is 48.0 Å². The predicted molar refractivity (Wildman–Crippen MR) is 137 cm³/mol. The third kappa shape index (κ3) is 4.64. The van der Waals surface area contributed by atoms with Crippen molar-refractivity contribution in [3.63, 3.8) is 0 Å². The molecule has 0 aliphatic carbocycles. The summed E-state index contributed by atoms with van der Waals surface area (Å²) in [4.78, 5) is 31.9. The number of carbonyl (C=O) groups excluding carboxylic acids is 1. The fraction of sp³-hybridized carbons (Fsp3) is 0.400. The highest BCUT2D eigenvalue weighted by molar-refractivity contribution is 8.00. The van der Waals surface area contributed by atoms with Gasteiger partial charge in [-0.2, -0.15) is 0 Å². The van der Waals surface area contributed by atoms with Crippen molar-refractivity contribution in [2.45, 2.75) is 57.8 Å². The van der Waals surface area contributed by atoms with Gasteiger partial charge in [0.25, 0.3) is 0 Å². The Balaban J connectivity index is 1.52. The van der Waals surface area contributed by atoms with Gasteiger partial charge in [0.2, 0.25) is 5.91 Å². The molecule has 7 nitrogen and oxygen atoms in total. The van der Waals surface area contributed by atoms with Gasteiger partial charge >= 0.3 is 0 Å². The molecular weight excluding hydrogens is 466 g/mol. The summed E-state index contributed by atoms with van der Waals surface area (Å²) in [7, 11) is 0. The molecule has 5 heterocycles. The largest absolute Gasteiger partial charge is 0.370 e. The molecule has 0 atom stereocenters. The summed E-state index contributed by atoms with van der Waals surface area (Å²) in [5, 5.41) is 4.74. The fourth-order valence-electron chi connectivity index (χ4n) is 4.26. The maximum Gasteiger partial charge on any atom is 0.235 e. The molecule has 34 heavy (non-hydrogen) atoms. The highest BCUT2D eigenvalue weighted by atomic mass is 32.2. The summed E-state index contributed by atoms with van der Waals surface area (Å²) in [6.07, 6.45) is 4.97. The number of thioether (sulfide) groups is 1. The van der Waals surface area contributed by atoms with Gasteiger partial charge in [-0.15, -0.1) is 11.3 Å². The van der Waals surface area contributed by atoms with Gasteiger partial charge in [0.05, 0.1) is 28.2 Å². The third-order valence-corrected chi connectivity index (χ3v) is 7.95. The number of anilines is 1. The summed E-state index contributed by atoms with van der Waals surface area (Å²) in [6.45, 7) is 9.27. The molecule has 5 rings (SSSR count). The lowest BCUT2D eigenvalue weighted by Crippen LogP contribution is -2.33. The SMILES string of the molecule is CC(C)Cc1nc2sc3c(SCC(=O)Nc4ccccn4)ncnc3c2c2c1COC(C)(C)C2. The van der Waals surface area contributed by atoms with Gasteiger partial charge in [-0.05, 0) is 43.9 Å². The molecule has 0 unspecified atom stereocenters. The number of amides is 1. The van der Waals surface area contributed by atoms with Crippen LogP contribution in [-0.4, -0.2) is 37.2 Å². The number of ether oxygens (including phenoxy) is 1. The zero-order chi connectivity index (χ0) is 23.9. The summed E-state index contributed by atoms with van der Waals surface area (Å²) in [6, 6.07) is 5.43. The van der Waals surface area contributed by atoms with E-state index in [4.69, 9.17) is 9.72 Å². The number of rotatable bonds is 6. The molecule has 0 saturated heterocycles. The molecule has 176 valence electrons. The minimum atomic E-state index is -0.237. The number of pyridine rings is 2. The molecule has 0 fully saturated rings. The van der Waals surface area contributed by atoms with Crippen molar-refractivity contribution in [2.75, 3.05) is 11.1 Å². The first-order valence-corrected chi connectivity index (χ1v) is 13.2. The van der Waals surface area contributed by atoms with E-state index in [9.17, 15) is 4.79 Å². The minimum absolute atomic E-state index is 0.120. The van der Waals surface area contributed by atoms with Crippen LogP contribution in [0.5, 0.6) is 0 Å². The molecule has 4 aromatic heterocycles. The van der Waals surface area contributed by atoms with Crippen molar-refractivity contribution >= 4 is 55.3 Å². The topological polar surface area (TPSA) is 89.9 Å². The van der Waals surface area contributed by atoms with E-state index >= 15 is 0 Å². The normalized spacial score (nSPS) is 15.1. The lowest BCUT2D eigenvalue weighted by Gasteiger charge is -2.33. The van der Waals surface area contributed by atoms with Crippen LogP contribution in [0.2, 0.25) is 0 Å². The van der Waals surface area contributed by atoms with E-state index in [1.807, 2.05) is 12.1 Å². The molecular formula is C25H27N5O2S2. The Morgan fingerprint density at radius 2 is 2.09 bits per heavy atom. The maximum atomic E-state index is 12.5. The van der Waals surface area contributed by atoms with Crippen LogP contribution in [0.15, 0.2) is 35.7 Å². The number of fused-ring (bicyclic) bond motifs is 5. The minimum Gasteiger partial charge on any atom is -0.370 e. The highest BCUT2D eigenvalue weighted by Crippen LogP contribution is 2.42. The van der Waals surface area contributed by atoms with Gasteiger partial charge in [0.1, 0.15) is 22.0 Å². The average Bonchev–Trinajstić information content (AvgIpc) is 3.16. The number of hydrogen-bond donors (Lipinski definition) is 1. The molecule has 1 aliphatic heterocycles. The Morgan fingerprint density at radius 3 is 2.85 bits per heavy atom. The summed E-state index contributed by atoms with van der Waals surface area (Å²) < 4.78 is 7.15. The Morgan fingerprint density at radius 1 is 1.24 bits per heavy atom. The molecule has 1 N–H and O–H groups in total. The van der Waals surface area contributed by atoms with Crippen LogP contribution < -0.4 is 5.32 Å². The van der Waals surface area contributed by atoms with Crippen molar-refractivity contribution in [1.82, 2.24) is 19.9 Å². The van der Waals surface area contributed by atoms with Crippen molar-refractivity contribution < 1.29 is 9.53 Å². The smallest absolute Gasteiger partial charge is 0.235 e. The van der Waals surface area contributed by atoms with Crippen LogP contribution in [0.1, 0.15) is 44.5 Å². The standard InChI is InChI=1S/C25H27N5O2S2/c1-14(2)9-17-16-11-32-25(3,4)10-15(16)20-21-22(34-23(20)29-17)24(28-13-27-21)33-12-19(31)30-18-7-5-6-8-26-18/h5-8,13-14H,9-12H2,1-4H3,(H,26,30,31). The first-order valence-electron chi connectivity index (χ1n) is 11.4. The van der Waals surface area contributed by atoms with Gasteiger partial charge < -0.3 is 10.1 Å². The number of nitrogens with one attached hydrogen (secondary N) is 1. The average molecular weight is 494 g/mol. The van der Waals surface area contributed by atoms with Crippen LogP contribution in [-0.2, 0) is 29.0 Å². The van der Waals surface area contributed by atoms with Gasteiger partial charge in [-0.1, -0.05) is 31.7 Å². The summed E-state index contributed by atoms with van der Waals surface area (Å²) in [5.41, 5.74) is 4.31. The Kier molecular flexibility index (Phi) is 6.26. The van der Waals surface area contributed by atoms with Crippen LogP contribution in [0, 0.1) is 5.92 Å². The van der Waals surface area contributed by atoms with Crippen LogP contribution in [0.3, 0.4) is 0 Å². The molecule has 0 spiro atoms. The second kappa shape index (κ2) is 9.20. The molecule has 0 aromatic carbocycles. The lowest BCUT2D eigenvalue weighted by atomic mass is 9.88. The number of hydrogen-bond acceptors (Lipinski definition) is 8. The molecule has 9 heteroatoms. The Bertz CT molecular complexity index is 1370. The van der Waals surface area contributed by atoms with Crippen LogP contribution in [0.4, 0.5) is 5.82 Å². The number of aromatic nitrogens is 4. The fourth-order valence-corrected chi connectivity index (χ4v) is 6.31. The lowest BCUT2D eigenvalue weighted by molar-refractivity contribution is -0.113. The highest BCUT2D eigenvalue weighted by Gasteiger charge is 2.31. The molecule has 1 amide bonds. The third-order valence-electron chi connectivity index (χ3n) is 5.76. The molecule has 4 aromatic rings. The van der Waals surface area contributed by atoms with Crippen molar-refractivity contribution in [3.05, 3.63) is 47.5 Å². The van der Waals surface area contributed by atoms with Crippen molar-refractivity contribution in [3.8, 4) is 0 Å². The predicted octanol–water partition coefficient (Wildman–Crippen LogP) is 5.42. The summed E-state index contributed by atoms with van der Waals surface area (Å²) >= 11 is 3.03. The van der Waals surface area contributed by atoms with Crippen LogP contribution in [0.25, 0.3) is 20.4 Å². The van der Waals surface area contributed by atoms with Gasteiger partial charge in [-0.25, -0.2) is 19.9 Å². The quantitative estimate of drug-likeness (QED) is 0.283. The molecule has 0 bridgehead atoms. The number of thiophene rings is 1.